The number of benzene rings is 1. The van der Waals surface area contributed by atoms with E-state index in [4.69, 9.17) is 4.74 Å². The molecule has 0 spiro atoms. The molecule has 4 rings (SSSR count). The van der Waals surface area contributed by atoms with Crippen LogP contribution in [0.5, 0.6) is 0 Å². The summed E-state index contributed by atoms with van der Waals surface area (Å²) in [5, 5.41) is 9.95. The van der Waals surface area contributed by atoms with Gasteiger partial charge in [-0.05, 0) is 26.0 Å². The van der Waals surface area contributed by atoms with Crippen molar-refractivity contribution in [2.45, 2.75) is 39.0 Å². The fourth-order valence-electron chi connectivity index (χ4n) is 3.49. The molecule has 8 heteroatoms. The van der Waals surface area contributed by atoms with E-state index in [1.165, 1.54) is 12.1 Å². The molecule has 1 amide bonds. The van der Waals surface area contributed by atoms with E-state index in [-0.39, 0.29) is 30.5 Å². The number of aromatic amines is 1. The minimum absolute atomic E-state index is 0.0383. The zero-order valence-electron chi connectivity index (χ0n) is 14.8. The first kappa shape index (κ1) is 16.7. The number of nitrogens with one attached hydrogen (secondary N) is 2. The molecule has 136 valence electrons. The summed E-state index contributed by atoms with van der Waals surface area (Å²) in [6.45, 7) is 4.15. The molecule has 0 saturated carbocycles. The number of aryl methyl sites for hydroxylation is 1. The summed E-state index contributed by atoms with van der Waals surface area (Å²) < 4.78 is 20.9. The lowest BCUT2D eigenvalue weighted by molar-refractivity contribution is -0.00697. The van der Waals surface area contributed by atoms with Gasteiger partial charge in [0.05, 0.1) is 35.5 Å². The second-order valence-corrected chi connectivity index (χ2v) is 6.66. The van der Waals surface area contributed by atoms with Crippen molar-refractivity contribution in [2.75, 3.05) is 0 Å². The Labute approximate surface area is 149 Å². The van der Waals surface area contributed by atoms with Crippen molar-refractivity contribution >= 4 is 16.9 Å². The minimum Gasteiger partial charge on any atom is -0.369 e. The standard InChI is InChI=1S/C18H20FN5O2/c1-9-6-12-16(10(2)26-9)22-23-17(12)18(25)20-8-15-21-13-7-11(19)4-5-14(13)24(15)3/h4-5,7,9-10H,6,8H2,1-3H3,(H,20,25)(H,22,23)/t9-,10+/m1/s1. The molecule has 3 heterocycles. The Morgan fingerprint density at radius 2 is 2.27 bits per heavy atom. The van der Waals surface area contributed by atoms with E-state index >= 15 is 0 Å². The highest BCUT2D eigenvalue weighted by Gasteiger charge is 2.29. The highest BCUT2D eigenvalue weighted by Crippen LogP contribution is 2.30. The third kappa shape index (κ3) is 2.76. The predicted molar refractivity (Wildman–Crippen MR) is 93.1 cm³/mol. The van der Waals surface area contributed by atoms with Gasteiger partial charge in [-0.1, -0.05) is 0 Å². The van der Waals surface area contributed by atoms with Crippen molar-refractivity contribution in [3.05, 3.63) is 46.8 Å². The molecule has 1 aliphatic heterocycles. The number of carbonyl (C=O) groups excluding carboxylic acids is 1. The Balaban J connectivity index is 1.54. The van der Waals surface area contributed by atoms with Crippen LogP contribution in [0, 0.1) is 5.82 Å². The second kappa shape index (κ2) is 6.21. The van der Waals surface area contributed by atoms with E-state index in [9.17, 15) is 9.18 Å². The first-order valence-electron chi connectivity index (χ1n) is 8.55. The van der Waals surface area contributed by atoms with Crippen LogP contribution in [0.15, 0.2) is 18.2 Å². The van der Waals surface area contributed by atoms with Crippen molar-refractivity contribution in [3.8, 4) is 0 Å². The highest BCUT2D eigenvalue weighted by molar-refractivity contribution is 5.94. The number of carbonyl (C=O) groups is 1. The van der Waals surface area contributed by atoms with Gasteiger partial charge in [0.15, 0.2) is 5.69 Å². The van der Waals surface area contributed by atoms with Gasteiger partial charge in [0.2, 0.25) is 0 Å². The van der Waals surface area contributed by atoms with Gasteiger partial charge in [0, 0.05) is 25.1 Å². The van der Waals surface area contributed by atoms with E-state index in [0.29, 0.717) is 23.5 Å². The number of halogens is 1. The van der Waals surface area contributed by atoms with Gasteiger partial charge in [0.25, 0.3) is 5.91 Å². The van der Waals surface area contributed by atoms with Gasteiger partial charge in [0.1, 0.15) is 11.6 Å². The average Bonchev–Trinajstić information content (AvgIpc) is 3.14. The van der Waals surface area contributed by atoms with Gasteiger partial charge in [-0.3, -0.25) is 9.89 Å². The Morgan fingerprint density at radius 1 is 1.46 bits per heavy atom. The molecule has 7 nitrogen and oxygen atoms in total. The van der Waals surface area contributed by atoms with Crippen molar-refractivity contribution in [3.63, 3.8) is 0 Å². The molecule has 3 aromatic rings. The Bertz CT molecular complexity index is 993. The van der Waals surface area contributed by atoms with Gasteiger partial charge < -0.3 is 14.6 Å². The zero-order valence-corrected chi connectivity index (χ0v) is 14.8. The second-order valence-electron chi connectivity index (χ2n) is 6.66. The van der Waals surface area contributed by atoms with E-state index in [1.807, 2.05) is 25.5 Å². The number of imidazole rings is 1. The van der Waals surface area contributed by atoms with Crippen molar-refractivity contribution in [1.29, 1.82) is 0 Å². The van der Waals surface area contributed by atoms with Crippen molar-refractivity contribution in [2.24, 2.45) is 7.05 Å². The van der Waals surface area contributed by atoms with Crippen molar-refractivity contribution < 1.29 is 13.9 Å². The summed E-state index contributed by atoms with van der Waals surface area (Å²) in [6.07, 6.45) is 0.568. The number of H-pyrrole nitrogens is 1. The minimum atomic E-state index is -0.334. The summed E-state index contributed by atoms with van der Waals surface area (Å²) >= 11 is 0. The number of amides is 1. The van der Waals surface area contributed by atoms with Gasteiger partial charge in [-0.25, -0.2) is 9.37 Å². The number of nitrogens with zero attached hydrogens (tertiary/aromatic N) is 3. The number of rotatable bonds is 3. The van der Waals surface area contributed by atoms with E-state index in [1.54, 1.807) is 6.07 Å². The first-order valence-corrected chi connectivity index (χ1v) is 8.55. The van der Waals surface area contributed by atoms with Crippen LogP contribution < -0.4 is 5.32 Å². The smallest absolute Gasteiger partial charge is 0.272 e. The normalized spacial score (nSPS) is 19.5. The maximum absolute atomic E-state index is 13.4. The number of hydrogen-bond donors (Lipinski definition) is 2. The maximum atomic E-state index is 13.4. The SMILES string of the molecule is C[C@@H]1Cc2c(C(=O)NCc3nc4cc(F)ccc4n3C)n[nH]c2[C@H](C)O1. The van der Waals surface area contributed by atoms with Gasteiger partial charge in [-0.2, -0.15) is 5.10 Å². The summed E-state index contributed by atoms with van der Waals surface area (Å²) in [6, 6.07) is 4.45. The highest BCUT2D eigenvalue weighted by atomic mass is 19.1. The average molecular weight is 357 g/mol. The third-order valence-corrected chi connectivity index (χ3v) is 4.79. The van der Waals surface area contributed by atoms with Crippen molar-refractivity contribution in [1.82, 2.24) is 25.1 Å². The van der Waals surface area contributed by atoms with Crippen LogP contribution in [0.3, 0.4) is 0 Å². The molecule has 0 bridgehead atoms. The van der Waals surface area contributed by atoms with Gasteiger partial charge >= 0.3 is 0 Å². The largest absolute Gasteiger partial charge is 0.369 e. The molecule has 0 aliphatic carbocycles. The lowest BCUT2D eigenvalue weighted by atomic mass is 9.99. The zero-order chi connectivity index (χ0) is 18.4. The number of ether oxygens (including phenoxy) is 1. The third-order valence-electron chi connectivity index (χ3n) is 4.79. The summed E-state index contributed by atoms with van der Waals surface area (Å²) in [5.74, 6) is 0.0512. The molecule has 0 saturated heterocycles. The molecule has 1 aromatic carbocycles. The Hall–Kier alpha value is -2.74. The quantitative estimate of drug-likeness (QED) is 0.754. The molecule has 1 aliphatic rings. The van der Waals surface area contributed by atoms with Crippen LogP contribution >= 0.6 is 0 Å². The summed E-state index contributed by atoms with van der Waals surface area (Å²) in [4.78, 5) is 17.0. The topological polar surface area (TPSA) is 84.8 Å². The monoisotopic (exact) mass is 357 g/mol. The first-order chi connectivity index (χ1) is 12.4. The lowest BCUT2D eigenvalue weighted by Crippen LogP contribution is -2.28. The molecular weight excluding hydrogens is 337 g/mol. The Morgan fingerprint density at radius 3 is 3.08 bits per heavy atom. The molecule has 2 N–H and O–H groups in total. The molecule has 26 heavy (non-hydrogen) atoms. The molecule has 2 atom stereocenters. The number of aromatic nitrogens is 4. The van der Waals surface area contributed by atoms with Crippen LogP contribution in [0.2, 0.25) is 0 Å². The van der Waals surface area contributed by atoms with Crippen LogP contribution in [-0.4, -0.2) is 31.8 Å². The van der Waals surface area contributed by atoms with Crippen LogP contribution in [0.4, 0.5) is 4.39 Å². The predicted octanol–water partition coefficient (Wildman–Crippen LogP) is 2.39. The van der Waals surface area contributed by atoms with E-state index in [0.717, 1.165) is 16.8 Å². The van der Waals surface area contributed by atoms with Crippen LogP contribution in [-0.2, 0) is 24.8 Å². The molecule has 0 radical (unpaired) electrons. The fourth-order valence-corrected chi connectivity index (χ4v) is 3.49. The summed E-state index contributed by atoms with van der Waals surface area (Å²) in [5.41, 5.74) is 3.53. The Kier molecular flexibility index (Phi) is 3.99. The fraction of sp³-hybridized carbons (Fsp3) is 0.389. The molecule has 2 aromatic heterocycles. The number of fused-ring (bicyclic) bond motifs is 2. The number of hydrogen-bond acceptors (Lipinski definition) is 4. The molecule has 0 fully saturated rings. The molecular formula is C18H20FN5O2. The van der Waals surface area contributed by atoms with E-state index < -0.39 is 0 Å². The van der Waals surface area contributed by atoms with Crippen LogP contribution in [0.25, 0.3) is 11.0 Å². The van der Waals surface area contributed by atoms with E-state index in [2.05, 4.69) is 20.5 Å². The van der Waals surface area contributed by atoms with Crippen LogP contribution in [0.1, 0.15) is 47.5 Å². The molecule has 0 unspecified atom stereocenters. The summed E-state index contributed by atoms with van der Waals surface area (Å²) in [7, 11) is 1.84. The maximum Gasteiger partial charge on any atom is 0.272 e. The lowest BCUT2D eigenvalue weighted by Gasteiger charge is -2.25. The van der Waals surface area contributed by atoms with Gasteiger partial charge in [-0.15, -0.1) is 0 Å².